The Balaban J connectivity index is 2.00. The van der Waals surface area contributed by atoms with Gasteiger partial charge in [0.05, 0.1) is 0 Å². The van der Waals surface area contributed by atoms with Gasteiger partial charge in [-0.3, -0.25) is 0 Å². The summed E-state index contributed by atoms with van der Waals surface area (Å²) in [5.74, 6) is 0.435. The average molecular weight is 254 g/mol. The van der Waals surface area contributed by atoms with Crippen molar-refractivity contribution in [3.05, 3.63) is 47.8 Å². The van der Waals surface area contributed by atoms with E-state index >= 15 is 0 Å². The lowest BCUT2D eigenvalue weighted by atomic mass is 10.2. The summed E-state index contributed by atoms with van der Waals surface area (Å²) < 4.78 is 7.38. The molecule has 0 aliphatic carbocycles. The van der Waals surface area contributed by atoms with Gasteiger partial charge in [-0.25, -0.2) is 0 Å². The maximum absolute atomic E-state index is 5.42. The molecule has 0 atom stereocenters. The van der Waals surface area contributed by atoms with Gasteiger partial charge in [-0.05, 0) is 50.2 Å². The first-order valence-electron chi connectivity index (χ1n) is 6.00. The van der Waals surface area contributed by atoms with Crippen LogP contribution in [0.5, 0.6) is 0 Å². The Hall–Kier alpha value is -2.56. The first-order chi connectivity index (χ1) is 9.15. The zero-order chi connectivity index (χ0) is 13.4. The number of anilines is 1. The second-order valence-electron chi connectivity index (χ2n) is 4.44. The molecule has 2 aromatic heterocycles. The molecule has 2 heterocycles. The number of nitrogen functional groups attached to an aromatic ring is 1. The molecule has 0 aliphatic heterocycles. The summed E-state index contributed by atoms with van der Waals surface area (Å²) in [7, 11) is 0. The molecule has 3 aromatic rings. The Bertz CT molecular complexity index is 690. The number of nitrogens with zero attached hydrogens (tertiary/aromatic N) is 3. The Morgan fingerprint density at radius 1 is 0.947 bits per heavy atom. The molecule has 0 radical (unpaired) electrons. The van der Waals surface area contributed by atoms with Gasteiger partial charge in [0.2, 0.25) is 5.89 Å². The minimum atomic E-state index is 0.0798. The summed E-state index contributed by atoms with van der Waals surface area (Å²) in [4.78, 5) is 0. The van der Waals surface area contributed by atoms with E-state index in [0.717, 1.165) is 11.3 Å². The second-order valence-corrected chi connectivity index (χ2v) is 4.44. The largest absolute Gasteiger partial charge is 0.404 e. The van der Waals surface area contributed by atoms with E-state index in [2.05, 4.69) is 40.7 Å². The van der Waals surface area contributed by atoms with Gasteiger partial charge in [0.15, 0.2) is 0 Å². The van der Waals surface area contributed by atoms with Gasteiger partial charge in [-0.2, -0.15) is 0 Å². The molecule has 0 unspecified atom stereocenters. The minimum Gasteiger partial charge on any atom is -0.404 e. The van der Waals surface area contributed by atoms with Crippen LogP contribution in [0.25, 0.3) is 17.1 Å². The van der Waals surface area contributed by atoms with Crippen molar-refractivity contribution in [1.29, 1.82) is 0 Å². The molecule has 0 saturated carbocycles. The molecule has 0 amide bonds. The highest BCUT2D eigenvalue weighted by Gasteiger charge is 2.08. The van der Waals surface area contributed by atoms with Crippen molar-refractivity contribution in [3.8, 4) is 17.1 Å². The van der Waals surface area contributed by atoms with E-state index in [1.165, 1.54) is 11.4 Å². The van der Waals surface area contributed by atoms with Crippen molar-refractivity contribution in [3.63, 3.8) is 0 Å². The molecule has 5 nitrogen and oxygen atoms in total. The van der Waals surface area contributed by atoms with E-state index in [1.807, 2.05) is 24.3 Å². The number of aryl methyl sites for hydroxylation is 2. The second kappa shape index (κ2) is 4.28. The van der Waals surface area contributed by atoms with Crippen molar-refractivity contribution in [1.82, 2.24) is 14.8 Å². The van der Waals surface area contributed by atoms with Crippen LogP contribution in [0.3, 0.4) is 0 Å². The summed E-state index contributed by atoms with van der Waals surface area (Å²) in [5.41, 5.74) is 9.79. The third kappa shape index (κ3) is 1.99. The number of hydrogen-bond donors (Lipinski definition) is 1. The maximum atomic E-state index is 5.42. The van der Waals surface area contributed by atoms with E-state index < -0.39 is 0 Å². The van der Waals surface area contributed by atoms with Crippen LogP contribution < -0.4 is 5.73 Å². The molecule has 0 saturated heterocycles. The number of rotatable bonds is 2. The maximum Gasteiger partial charge on any atom is 0.313 e. The van der Waals surface area contributed by atoms with E-state index in [1.54, 1.807) is 0 Å². The molecule has 0 spiro atoms. The monoisotopic (exact) mass is 254 g/mol. The summed E-state index contributed by atoms with van der Waals surface area (Å²) in [5, 5.41) is 7.51. The van der Waals surface area contributed by atoms with Gasteiger partial charge in [0.25, 0.3) is 0 Å². The lowest BCUT2D eigenvalue weighted by Gasteiger charge is -2.09. The van der Waals surface area contributed by atoms with Crippen molar-refractivity contribution >= 4 is 6.01 Å². The van der Waals surface area contributed by atoms with Crippen LogP contribution in [0.4, 0.5) is 6.01 Å². The Labute approximate surface area is 110 Å². The fourth-order valence-corrected chi connectivity index (χ4v) is 2.18. The van der Waals surface area contributed by atoms with Gasteiger partial charge in [-0.1, -0.05) is 5.10 Å². The Morgan fingerprint density at radius 3 is 2.11 bits per heavy atom. The fraction of sp³-hybridized carbons (Fsp3) is 0.143. The quantitative estimate of drug-likeness (QED) is 0.763. The number of hydrogen-bond acceptors (Lipinski definition) is 4. The molecule has 5 heteroatoms. The van der Waals surface area contributed by atoms with Crippen LogP contribution in [0, 0.1) is 13.8 Å². The zero-order valence-electron chi connectivity index (χ0n) is 10.8. The minimum absolute atomic E-state index is 0.0798. The van der Waals surface area contributed by atoms with E-state index in [4.69, 9.17) is 10.2 Å². The van der Waals surface area contributed by atoms with Crippen LogP contribution in [0.2, 0.25) is 0 Å². The van der Waals surface area contributed by atoms with Crippen LogP contribution in [-0.4, -0.2) is 14.8 Å². The van der Waals surface area contributed by atoms with Crippen LogP contribution in [0.1, 0.15) is 11.4 Å². The predicted octanol–water partition coefficient (Wildman–Crippen LogP) is 2.73. The molecule has 0 fully saturated rings. The Kier molecular flexibility index (Phi) is 2.59. The molecular weight excluding hydrogens is 240 g/mol. The van der Waals surface area contributed by atoms with E-state index in [0.29, 0.717) is 5.89 Å². The summed E-state index contributed by atoms with van der Waals surface area (Å²) in [6, 6.07) is 12.2. The van der Waals surface area contributed by atoms with Crippen LogP contribution >= 0.6 is 0 Å². The zero-order valence-corrected chi connectivity index (χ0v) is 10.8. The van der Waals surface area contributed by atoms with Gasteiger partial charge < -0.3 is 14.7 Å². The normalized spacial score (nSPS) is 10.8. The van der Waals surface area contributed by atoms with E-state index in [9.17, 15) is 0 Å². The molecular formula is C14H14N4O. The van der Waals surface area contributed by atoms with Crippen LogP contribution in [-0.2, 0) is 0 Å². The standard InChI is InChI=1S/C14H14N4O/c1-9-3-4-10(2)18(9)12-7-5-11(6-8-12)13-16-17-14(15)19-13/h3-8H,1-2H3,(H2,15,17). The van der Waals surface area contributed by atoms with Crippen molar-refractivity contribution < 1.29 is 4.42 Å². The topological polar surface area (TPSA) is 69.9 Å². The molecule has 19 heavy (non-hydrogen) atoms. The number of benzene rings is 1. The number of aromatic nitrogens is 3. The van der Waals surface area contributed by atoms with Crippen molar-refractivity contribution in [2.45, 2.75) is 13.8 Å². The van der Waals surface area contributed by atoms with E-state index in [-0.39, 0.29) is 6.01 Å². The highest BCUT2D eigenvalue weighted by molar-refractivity contribution is 5.56. The van der Waals surface area contributed by atoms with Gasteiger partial charge in [0.1, 0.15) is 0 Å². The van der Waals surface area contributed by atoms with Gasteiger partial charge in [0, 0.05) is 22.6 Å². The van der Waals surface area contributed by atoms with Crippen LogP contribution in [0.15, 0.2) is 40.8 Å². The van der Waals surface area contributed by atoms with Crippen molar-refractivity contribution in [2.75, 3.05) is 5.73 Å². The van der Waals surface area contributed by atoms with Gasteiger partial charge in [-0.15, -0.1) is 5.10 Å². The molecule has 0 aliphatic rings. The molecule has 1 aromatic carbocycles. The predicted molar refractivity (Wildman–Crippen MR) is 72.9 cm³/mol. The molecule has 96 valence electrons. The molecule has 2 N–H and O–H groups in total. The Morgan fingerprint density at radius 2 is 1.58 bits per heavy atom. The fourth-order valence-electron chi connectivity index (χ4n) is 2.18. The smallest absolute Gasteiger partial charge is 0.313 e. The summed E-state index contributed by atoms with van der Waals surface area (Å²) >= 11 is 0. The average Bonchev–Trinajstić information content (AvgIpc) is 2.97. The molecule has 3 rings (SSSR count). The highest BCUT2D eigenvalue weighted by Crippen LogP contribution is 2.22. The van der Waals surface area contributed by atoms with Gasteiger partial charge >= 0.3 is 6.01 Å². The lowest BCUT2D eigenvalue weighted by Crippen LogP contribution is -1.98. The van der Waals surface area contributed by atoms with Crippen molar-refractivity contribution in [2.24, 2.45) is 0 Å². The number of nitrogens with two attached hydrogens (primary N) is 1. The SMILES string of the molecule is Cc1ccc(C)n1-c1ccc(-c2nnc(N)o2)cc1. The first kappa shape index (κ1) is 11.5. The third-order valence-electron chi connectivity index (χ3n) is 3.08. The highest BCUT2D eigenvalue weighted by atomic mass is 16.4. The molecule has 0 bridgehead atoms. The summed E-state index contributed by atoms with van der Waals surface area (Å²) in [6.45, 7) is 4.17. The first-order valence-corrected chi connectivity index (χ1v) is 6.00. The third-order valence-corrected chi connectivity index (χ3v) is 3.08. The lowest BCUT2D eigenvalue weighted by molar-refractivity contribution is 0.590. The summed E-state index contributed by atoms with van der Waals surface area (Å²) in [6.07, 6.45) is 0.